The third kappa shape index (κ3) is 2.11. The third-order valence-corrected chi connectivity index (χ3v) is 4.37. The van der Waals surface area contributed by atoms with Crippen molar-refractivity contribution >= 4 is 17.6 Å². The topological polar surface area (TPSA) is 66.4 Å². The van der Waals surface area contributed by atoms with E-state index < -0.39 is 17.8 Å². The Bertz CT molecular complexity index is 576. The first kappa shape index (κ1) is 12.9. The van der Waals surface area contributed by atoms with Crippen LogP contribution in [0.15, 0.2) is 36.4 Å². The van der Waals surface area contributed by atoms with E-state index >= 15 is 0 Å². The number of carbonyl (C=O) groups excluding carboxylic acids is 1. The standard InChI is InChI=1S/C16H17NO3/c1-9-2-6-12(7-3-9)17-15(18)13-10-4-5-11(8-10)14(13)16(19)20/h2-7,10-11,13-14H,8H2,1H3,(H,17,18)(H,19,20)/t10-,11-,13-,14+/m0/s1. The average molecular weight is 271 g/mol. The van der Waals surface area contributed by atoms with Crippen molar-refractivity contribution in [2.75, 3.05) is 5.32 Å². The maximum atomic E-state index is 12.4. The molecule has 1 fully saturated rings. The van der Waals surface area contributed by atoms with Crippen molar-refractivity contribution in [1.82, 2.24) is 0 Å². The second-order valence-corrected chi connectivity index (χ2v) is 5.69. The van der Waals surface area contributed by atoms with Crippen LogP contribution in [0.25, 0.3) is 0 Å². The molecule has 0 heterocycles. The molecular formula is C16H17NO3. The normalized spacial score (nSPS) is 30.4. The summed E-state index contributed by atoms with van der Waals surface area (Å²) in [5.74, 6) is -2.03. The van der Waals surface area contributed by atoms with Gasteiger partial charge in [0.25, 0.3) is 0 Å². The maximum absolute atomic E-state index is 12.4. The number of aliphatic carboxylic acids is 1. The van der Waals surface area contributed by atoms with E-state index in [0.29, 0.717) is 0 Å². The predicted octanol–water partition coefficient (Wildman–Crippen LogP) is 2.46. The van der Waals surface area contributed by atoms with Crippen molar-refractivity contribution in [3.63, 3.8) is 0 Å². The lowest BCUT2D eigenvalue weighted by Crippen LogP contribution is -2.36. The summed E-state index contributed by atoms with van der Waals surface area (Å²) in [7, 11) is 0. The summed E-state index contributed by atoms with van der Waals surface area (Å²) in [4.78, 5) is 23.8. The lowest BCUT2D eigenvalue weighted by Gasteiger charge is -2.23. The van der Waals surface area contributed by atoms with E-state index in [1.54, 1.807) is 0 Å². The number of nitrogens with one attached hydrogen (secondary N) is 1. The zero-order valence-electron chi connectivity index (χ0n) is 11.2. The number of carboxylic acid groups (broad SMARTS) is 1. The number of anilines is 1. The molecule has 1 saturated carbocycles. The van der Waals surface area contributed by atoms with E-state index in [4.69, 9.17) is 0 Å². The molecule has 3 rings (SSSR count). The monoisotopic (exact) mass is 271 g/mol. The Morgan fingerprint density at radius 3 is 2.30 bits per heavy atom. The minimum absolute atomic E-state index is 0.00580. The van der Waals surface area contributed by atoms with E-state index in [9.17, 15) is 14.7 Å². The zero-order valence-corrected chi connectivity index (χ0v) is 11.2. The van der Waals surface area contributed by atoms with Gasteiger partial charge >= 0.3 is 5.97 Å². The zero-order chi connectivity index (χ0) is 14.3. The van der Waals surface area contributed by atoms with Crippen LogP contribution in [-0.2, 0) is 9.59 Å². The number of amides is 1. The lowest BCUT2D eigenvalue weighted by atomic mass is 9.82. The summed E-state index contributed by atoms with van der Waals surface area (Å²) < 4.78 is 0. The molecule has 4 nitrogen and oxygen atoms in total. The van der Waals surface area contributed by atoms with Gasteiger partial charge in [0.1, 0.15) is 0 Å². The highest BCUT2D eigenvalue weighted by molar-refractivity contribution is 5.96. The van der Waals surface area contributed by atoms with Gasteiger partial charge in [0.05, 0.1) is 11.8 Å². The second-order valence-electron chi connectivity index (χ2n) is 5.69. The fourth-order valence-electron chi connectivity index (χ4n) is 3.38. The Morgan fingerprint density at radius 2 is 1.70 bits per heavy atom. The molecule has 1 aromatic rings. The van der Waals surface area contributed by atoms with Gasteiger partial charge in [-0.3, -0.25) is 9.59 Å². The van der Waals surface area contributed by atoms with Gasteiger partial charge in [-0.1, -0.05) is 29.8 Å². The molecule has 0 unspecified atom stereocenters. The van der Waals surface area contributed by atoms with Crippen LogP contribution >= 0.6 is 0 Å². The molecule has 0 spiro atoms. The first-order valence-corrected chi connectivity index (χ1v) is 6.85. The highest BCUT2D eigenvalue weighted by Gasteiger charge is 2.51. The molecule has 1 aromatic carbocycles. The van der Waals surface area contributed by atoms with Crippen LogP contribution in [0.3, 0.4) is 0 Å². The first-order valence-electron chi connectivity index (χ1n) is 6.85. The Morgan fingerprint density at radius 1 is 1.10 bits per heavy atom. The summed E-state index contributed by atoms with van der Waals surface area (Å²) >= 11 is 0. The smallest absolute Gasteiger partial charge is 0.307 e. The number of hydrogen-bond acceptors (Lipinski definition) is 2. The highest BCUT2D eigenvalue weighted by atomic mass is 16.4. The number of fused-ring (bicyclic) bond motifs is 2. The first-order chi connectivity index (χ1) is 9.56. The van der Waals surface area contributed by atoms with Gasteiger partial charge in [-0.2, -0.15) is 0 Å². The summed E-state index contributed by atoms with van der Waals surface area (Å²) in [5, 5.41) is 12.2. The van der Waals surface area contributed by atoms with Crippen LogP contribution in [0, 0.1) is 30.6 Å². The molecule has 2 bridgehead atoms. The van der Waals surface area contributed by atoms with Gasteiger partial charge in [0, 0.05) is 5.69 Å². The minimum Gasteiger partial charge on any atom is -0.481 e. The van der Waals surface area contributed by atoms with Crippen molar-refractivity contribution in [2.24, 2.45) is 23.7 Å². The molecule has 1 amide bonds. The van der Waals surface area contributed by atoms with Crippen LogP contribution in [0.1, 0.15) is 12.0 Å². The third-order valence-electron chi connectivity index (χ3n) is 4.37. The average Bonchev–Trinajstić information content (AvgIpc) is 3.01. The van der Waals surface area contributed by atoms with E-state index in [1.165, 1.54) is 0 Å². The fourth-order valence-corrected chi connectivity index (χ4v) is 3.38. The molecule has 4 atom stereocenters. The van der Waals surface area contributed by atoms with Gasteiger partial charge in [0.15, 0.2) is 0 Å². The molecule has 0 aromatic heterocycles. The van der Waals surface area contributed by atoms with Crippen molar-refractivity contribution in [3.8, 4) is 0 Å². The largest absolute Gasteiger partial charge is 0.481 e. The quantitative estimate of drug-likeness (QED) is 0.830. The molecule has 4 heteroatoms. The van der Waals surface area contributed by atoms with Crippen LogP contribution < -0.4 is 5.32 Å². The van der Waals surface area contributed by atoms with E-state index in [2.05, 4.69) is 5.32 Å². The summed E-state index contributed by atoms with van der Waals surface area (Å²) in [6.07, 6.45) is 4.71. The molecule has 0 radical (unpaired) electrons. The number of carboxylic acids is 1. The number of carbonyl (C=O) groups is 2. The molecule has 20 heavy (non-hydrogen) atoms. The van der Waals surface area contributed by atoms with Gasteiger partial charge < -0.3 is 10.4 Å². The molecule has 2 aliphatic carbocycles. The van der Waals surface area contributed by atoms with Gasteiger partial charge in [-0.05, 0) is 37.3 Å². The van der Waals surface area contributed by atoms with E-state index in [1.807, 2.05) is 43.3 Å². The number of allylic oxidation sites excluding steroid dienone is 2. The van der Waals surface area contributed by atoms with Gasteiger partial charge in [0.2, 0.25) is 5.91 Å². The predicted molar refractivity (Wildman–Crippen MR) is 75.2 cm³/mol. The van der Waals surface area contributed by atoms with Crippen molar-refractivity contribution in [1.29, 1.82) is 0 Å². The summed E-state index contributed by atoms with van der Waals surface area (Å²) in [6, 6.07) is 7.52. The SMILES string of the molecule is Cc1ccc(NC(=O)[C@@H]2[C@H](C(=O)O)[C@H]3C=C[C@H]2C3)cc1. The van der Waals surface area contributed by atoms with Crippen molar-refractivity contribution in [3.05, 3.63) is 42.0 Å². The lowest BCUT2D eigenvalue weighted by molar-refractivity contribution is -0.146. The van der Waals surface area contributed by atoms with E-state index in [-0.39, 0.29) is 17.7 Å². The van der Waals surface area contributed by atoms with Gasteiger partial charge in [-0.15, -0.1) is 0 Å². The minimum atomic E-state index is -0.870. The highest BCUT2D eigenvalue weighted by Crippen LogP contribution is 2.48. The summed E-state index contributed by atoms with van der Waals surface area (Å²) in [5.41, 5.74) is 1.84. The van der Waals surface area contributed by atoms with Crippen LogP contribution in [0.4, 0.5) is 5.69 Å². The Labute approximate surface area is 117 Å². The van der Waals surface area contributed by atoms with Crippen LogP contribution in [0.2, 0.25) is 0 Å². The second kappa shape index (κ2) is 4.78. The number of rotatable bonds is 3. The van der Waals surface area contributed by atoms with Gasteiger partial charge in [-0.25, -0.2) is 0 Å². The number of hydrogen-bond donors (Lipinski definition) is 2. The molecule has 104 valence electrons. The molecule has 2 aliphatic rings. The number of benzene rings is 1. The van der Waals surface area contributed by atoms with Crippen molar-refractivity contribution in [2.45, 2.75) is 13.3 Å². The van der Waals surface area contributed by atoms with Crippen LogP contribution in [-0.4, -0.2) is 17.0 Å². The molecule has 2 N–H and O–H groups in total. The summed E-state index contributed by atoms with van der Waals surface area (Å²) in [6.45, 7) is 1.98. The Balaban J connectivity index is 1.78. The van der Waals surface area contributed by atoms with E-state index in [0.717, 1.165) is 17.7 Å². The Kier molecular flexibility index (Phi) is 3.08. The number of aryl methyl sites for hydroxylation is 1. The van der Waals surface area contributed by atoms with Crippen molar-refractivity contribution < 1.29 is 14.7 Å². The molecule has 0 aliphatic heterocycles. The Hall–Kier alpha value is -2.10. The molecular weight excluding hydrogens is 254 g/mol. The van der Waals surface area contributed by atoms with Crippen LogP contribution in [0.5, 0.6) is 0 Å². The fraction of sp³-hybridized carbons (Fsp3) is 0.375. The maximum Gasteiger partial charge on any atom is 0.307 e. The molecule has 0 saturated heterocycles.